The molecule has 5 heteroatoms. The molecule has 1 N–H and O–H groups in total. The van der Waals surface area contributed by atoms with E-state index in [0.29, 0.717) is 12.1 Å². The average molecular weight is 353 g/mol. The Labute approximate surface area is 155 Å². The van der Waals surface area contributed by atoms with Gasteiger partial charge in [-0.05, 0) is 40.8 Å². The van der Waals surface area contributed by atoms with Gasteiger partial charge in [-0.1, -0.05) is 32.9 Å². The number of benzene rings is 1. The van der Waals surface area contributed by atoms with E-state index in [1.54, 1.807) is 6.20 Å². The van der Waals surface area contributed by atoms with Crippen LogP contribution in [-0.4, -0.2) is 37.2 Å². The third kappa shape index (κ3) is 4.61. The van der Waals surface area contributed by atoms with Crippen LogP contribution in [0.3, 0.4) is 0 Å². The molecule has 2 heterocycles. The highest BCUT2D eigenvalue weighted by molar-refractivity contribution is 5.94. The standard InChI is InChI=1S/C21H27N3O2/c1-21(2,3)18-6-4-17(5-7-18)20(25)23-15-16-8-9-22-19(14-16)24-10-12-26-13-11-24/h4-9,14H,10-13,15H2,1-3H3,(H,23,25). The van der Waals surface area contributed by atoms with Crippen LogP contribution in [0.2, 0.25) is 0 Å². The van der Waals surface area contributed by atoms with Gasteiger partial charge < -0.3 is 15.0 Å². The molecule has 1 aromatic heterocycles. The summed E-state index contributed by atoms with van der Waals surface area (Å²) in [4.78, 5) is 19.1. The van der Waals surface area contributed by atoms with E-state index in [-0.39, 0.29) is 11.3 Å². The Balaban J connectivity index is 1.60. The molecule has 1 aromatic carbocycles. The molecule has 0 radical (unpaired) electrons. The van der Waals surface area contributed by atoms with Crippen molar-refractivity contribution in [3.05, 3.63) is 59.3 Å². The fourth-order valence-electron chi connectivity index (χ4n) is 2.94. The first kappa shape index (κ1) is 18.4. The summed E-state index contributed by atoms with van der Waals surface area (Å²) in [7, 11) is 0. The van der Waals surface area contributed by atoms with Gasteiger partial charge >= 0.3 is 0 Å². The van der Waals surface area contributed by atoms with Crippen LogP contribution in [-0.2, 0) is 16.7 Å². The summed E-state index contributed by atoms with van der Waals surface area (Å²) in [6, 6.07) is 11.8. The maximum absolute atomic E-state index is 12.4. The monoisotopic (exact) mass is 353 g/mol. The van der Waals surface area contributed by atoms with E-state index in [4.69, 9.17) is 4.74 Å². The van der Waals surface area contributed by atoms with E-state index in [1.807, 2.05) is 36.4 Å². The lowest BCUT2D eigenvalue weighted by Crippen LogP contribution is -2.36. The minimum Gasteiger partial charge on any atom is -0.378 e. The SMILES string of the molecule is CC(C)(C)c1ccc(C(=O)NCc2ccnc(N3CCOCC3)c2)cc1. The van der Waals surface area contributed by atoms with Crippen molar-refractivity contribution in [3.8, 4) is 0 Å². The molecule has 1 aliphatic heterocycles. The fraction of sp³-hybridized carbons (Fsp3) is 0.429. The number of hydrogen-bond donors (Lipinski definition) is 1. The van der Waals surface area contributed by atoms with Gasteiger partial charge in [0, 0.05) is 31.4 Å². The summed E-state index contributed by atoms with van der Waals surface area (Å²) in [5.74, 6) is 0.879. The minimum atomic E-state index is -0.0600. The zero-order valence-corrected chi connectivity index (χ0v) is 15.8. The number of carbonyl (C=O) groups is 1. The summed E-state index contributed by atoms with van der Waals surface area (Å²) < 4.78 is 5.38. The van der Waals surface area contributed by atoms with Gasteiger partial charge in [-0.25, -0.2) is 4.98 Å². The van der Waals surface area contributed by atoms with Crippen LogP contribution in [0.15, 0.2) is 42.6 Å². The smallest absolute Gasteiger partial charge is 0.251 e. The Bertz CT molecular complexity index is 745. The van der Waals surface area contributed by atoms with Gasteiger partial charge in [-0.3, -0.25) is 4.79 Å². The van der Waals surface area contributed by atoms with Crippen LogP contribution >= 0.6 is 0 Å². The number of nitrogens with one attached hydrogen (secondary N) is 1. The second kappa shape index (κ2) is 7.87. The van der Waals surface area contributed by atoms with Gasteiger partial charge in [0.25, 0.3) is 5.91 Å². The van der Waals surface area contributed by atoms with Crippen molar-refractivity contribution in [2.75, 3.05) is 31.2 Å². The van der Waals surface area contributed by atoms with E-state index < -0.39 is 0 Å². The Morgan fingerprint density at radius 3 is 2.50 bits per heavy atom. The van der Waals surface area contributed by atoms with E-state index in [9.17, 15) is 4.79 Å². The molecular formula is C21H27N3O2. The minimum absolute atomic E-state index is 0.0600. The van der Waals surface area contributed by atoms with Crippen molar-refractivity contribution in [2.45, 2.75) is 32.7 Å². The number of rotatable bonds is 4. The summed E-state index contributed by atoms with van der Waals surface area (Å²) in [5, 5.41) is 2.99. The van der Waals surface area contributed by atoms with Crippen molar-refractivity contribution in [1.82, 2.24) is 10.3 Å². The molecule has 1 saturated heterocycles. The predicted molar refractivity (Wildman–Crippen MR) is 104 cm³/mol. The summed E-state index contributed by atoms with van der Waals surface area (Å²) >= 11 is 0. The maximum Gasteiger partial charge on any atom is 0.251 e. The second-order valence-electron chi connectivity index (χ2n) is 7.63. The average Bonchev–Trinajstić information content (AvgIpc) is 2.66. The van der Waals surface area contributed by atoms with Crippen molar-refractivity contribution >= 4 is 11.7 Å². The van der Waals surface area contributed by atoms with Crippen LogP contribution in [0.5, 0.6) is 0 Å². The van der Waals surface area contributed by atoms with Crippen molar-refractivity contribution in [3.63, 3.8) is 0 Å². The molecule has 5 nitrogen and oxygen atoms in total. The lowest BCUT2D eigenvalue weighted by molar-refractivity contribution is 0.0951. The lowest BCUT2D eigenvalue weighted by Gasteiger charge is -2.28. The maximum atomic E-state index is 12.4. The van der Waals surface area contributed by atoms with Crippen molar-refractivity contribution in [2.24, 2.45) is 0 Å². The van der Waals surface area contributed by atoms with Gasteiger partial charge in [-0.15, -0.1) is 0 Å². The van der Waals surface area contributed by atoms with Gasteiger partial charge in [0.15, 0.2) is 0 Å². The molecule has 26 heavy (non-hydrogen) atoms. The third-order valence-electron chi connectivity index (χ3n) is 4.61. The van der Waals surface area contributed by atoms with Crippen LogP contribution in [0, 0.1) is 0 Å². The number of carbonyl (C=O) groups excluding carboxylic acids is 1. The Morgan fingerprint density at radius 1 is 1.15 bits per heavy atom. The van der Waals surface area contributed by atoms with Gasteiger partial charge in [0.05, 0.1) is 13.2 Å². The molecule has 3 rings (SSSR count). The zero-order chi connectivity index (χ0) is 18.6. The van der Waals surface area contributed by atoms with E-state index in [1.165, 1.54) is 5.56 Å². The van der Waals surface area contributed by atoms with Crippen LogP contribution < -0.4 is 10.2 Å². The molecule has 0 aliphatic carbocycles. The molecule has 1 fully saturated rings. The van der Waals surface area contributed by atoms with Crippen LogP contribution in [0.25, 0.3) is 0 Å². The molecule has 1 amide bonds. The number of nitrogens with zero attached hydrogens (tertiary/aromatic N) is 2. The number of anilines is 1. The normalized spacial score (nSPS) is 15.0. The Morgan fingerprint density at radius 2 is 1.85 bits per heavy atom. The number of ether oxygens (including phenoxy) is 1. The number of morpholine rings is 1. The number of hydrogen-bond acceptors (Lipinski definition) is 4. The topological polar surface area (TPSA) is 54.5 Å². The van der Waals surface area contributed by atoms with Gasteiger partial charge in [-0.2, -0.15) is 0 Å². The highest BCUT2D eigenvalue weighted by atomic mass is 16.5. The number of pyridine rings is 1. The molecule has 0 unspecified atom stereocenters. The highest BCUT2D eigenvalue weighted by Gasteiger charge is 2.15. The molecular weight excluding hydrogens is 326 g/mol. The van der Waals surface area contributed by atoms with E-state index in [2.05, 4.69) is 36.0 Å². The number of amides is 1. The molecule has 0 bridgehead atoms. The molecule has 2 aromatic rings. The van der Waals surface area contributed by atoms with Crippen molar-refractivity contribution in [1.29, 1.82) is 0 Å². The molecule has 1 aliphatic rings. The highest BCUT2D eigenvalue weighted by Crippen LogP contribution is 2.22. The van der Waals surface area contributed by atoms with Crippen molar-refractivity contribution < 1.29 is 9.53 Å². The van der Waals surface area contributed by atoms with E-state index in [0.717, 1.165) is 37.7 Å². The molecule has 138 valence electrons. The first-order chi connectivity index (χ1) is 12.4. The van der Waals surface area contributed by atoms with Gasteiger partial charge in [0.2, 0.25) is 0 Å². The lowest BCUT2D eigenvalue weighted by atomic mass is 9.87. The fourth-order valence-corrected chi connectivity index (χ4v) is 2.94. The van der Waals surface area contributed by atoms with Gasteiger partial charge in [0.1, 0.15) is 5.82 Å². The Kier molecular flexibility index (Phi) is 5.57. The molecule has 0 spiro atoms. The van der Waals surface area contributed by atoms with Crippen LogP contribution in [0.4, 0.5) is 5.82 Å². The summed E-state index contributed by atoms with van der Waals surface area (Å²) in [6.07, 6.45) is 1.80. The predicted octanol–water partition coefficient (Wildman–Crippen LogP) is 3.15. The Hall–Kier alpha value is -2.40. The van der Waals surface area contributed by atoms with Crippen LogP contribution in [0.1, 0.15) is 42.3 Å². The van der Waals surface area contributed by atoms with E-state index >= 15 is 0 Å². The third-order valence-corrected chi connectivity index (χ3v) is 4.61. The zero-order valence-electron chi connectivity index (χ0n) is 15.8. The summed E-state index contributed by atoms with van der Waals surface area (Å²) in [6.45, 7) is 10.1. The quantitative estimate of drug-likeness (QED) is 0.917. The molecule has 0 saturated carbocycles. The molecule has 0 atom stereocenters. The largest absolute Gasteiger partial charge is 0.378 e. The first-order valence-corrected chi connectivity index (χ1v) is 9.10. The summed E-state index contributed by atoms with van der Waals surface area (Å²) in [5.41, 5.74) is 3.03. The number of aromatic nitrogens is 1. The second-order valence-corrected chi connectivity index (χ2v) is 7.63. The first-order valence-electron chi connectivity index (χ1n) is 9.10.